The Morgan fingerprint density at radius 3 is 2.28 bits per heavy atom. The Kier molecular flexibility index (Phi) is 12.9. The highest BCUT2D eigenvalue weighted by Gasteiger charge is 2.22. The molecule has 0 saturated heterocycles. The number of aliphatic carboxylic acids is 1. The van der Waals surface area contributed by atoms with Crippen molar-refractivity contribution >= 4 is 62.7 Å². The first-order valence-electron chi connectivity index (χ1n) is 16.6. The number of carbonyl (C=O) groups is 4. The molecule has 1 aromatic heterocycles. The van der Waals surface area contributed by atoms with Crippen molar-refractivity contribution in [2.45, 2.75) is 51.0 Å². The number of carbonyl (C=O) groups excluding carboxylic acids is 3. The number of nitrogen functional groups attached to an aromatic ring is 2. The molecule has 4 aromatic rings. The standard InChI is InChI=1S/C36H45N9O5/c1-45-30-21-25(38)12-14-27(30)26-13-11-24(37)20-28(26)33(45)22-7-5-8-23(19-22)34(48)42-16-4-2-3-10-31(46)41-18-15-32(47)44-29(35(49)50)9-6-17-43-36(39)40/h5,7-8,11-14,19-21,29,38H,2-4,6,9-10,15-18,37H2,1H3,(H8,39,40,41,42,43,44,46,47,48,49,50)/p+1. The summed E-state index contributed by atoms with van der Waals surface area (Å²) in [5.41, 5.74) is 27.4. The summed E-state index contributed by atoms with van der Waals surface area (Å²) in [7, 11) is 1.97. The number of benzene rings is 3. The van der Waals surface area contributed by atoms with Gasteiger partial charge in [-0.3, -0.25) is 19.4 Å². The minimum atomic E-state index is -1.15. The molecule has 12 N–H and O–H groups in total. The number of carboxylic acids is 1. The molecule has 0 aliphatic heterocycles. The van der Waals surface area contributed by atoms with Gasteiger partial charge in [-0.2, -0.15) is 4.57 Å². The van der Waals surface area contributed by atoms with Crippen molar-refractivity contribution in [3.8, 4) is 11.3 Å². The highest BCUT2D eigenvalue weighted by atomic mass is 16.4. The fraction of sp³-hybridized carbons (Fsp3) is 0.333. The lowest BCUT2D eigenvalue weighted by Crippen LogP contribution is -2.42. The average molecular weight is 685 g/mol. The Morgan fingerprint density at radius 2 is 1.54 bits per heavy atom. The third kappa shape index (κ3) is 10.0. The molecule has 3 aromatic carbocycles. The topological polar surface area (TPSA) is 245 Å². The summed E-state index contributed by atoms with van der Waals surface area (Å²) < 4.78 is 2.07. The number of carboxylic acid groups (broad SMARTS) is 1. The van der Waals surface area contributed by atoms with Crippen LogP contribution in [-0.2, 0) is 21.4 Å². The number of nitrogens with one attached hydrogen (secondary N) is 3. The lowest BCUT2D eigenvalue weighted by molar-refractivity contribution is -0.632. The maximum absolute atomic E-state index is 13.1. The summed E-state index contributed by atoms with van der Waals surface area (Å²) in [5.74, 6) is -2.11. The van der Waals surface area contributed by atoms with Crippen LogP contribution in [-0.4, -0.2) is 60.4 Å². The van der Waals surface area contributed by atoms with Gasteiger partial charge in [-0.25, -0.2) is 4.79 Å². The highest BCUT2D eigenvalue weighted by Crippen LogP contribution is 2.33. The van der Waals surface area contributed by atoms with E-state index in [0.717, 1.165) is 39.4 Å². The predicted octanol–water partition coefficient (Wildman–Crippen LogP) is 2.07. The second-order valence-corrected chi connectivity index (χ2v) is 12.1. The van der Waals surface area contributed by atoms with Gasteiger partial charge in [0.15, 0.2) is 5.96 Å². The molecule has 4 rings (SSSR count). The molecule has 0 spiro atoms. The third-order valence-corrected chi connectivity index (χ3v) is 8.32. The van der Waals surface area contributed by atoms with Crippen LogP contribution in [0.4, 0.5) is 11.4 Å². The minimum Gasteiger partial charge on any atom is -0.480 e. The zero-order valence-electron chi connectivity index (χ0n) is 28.2. The van der Waals surface area contributed by atoms with E-state index in [1.165, 1.54) is 0 Å². The number of rotatable bonds is 17. The summed E-state index contributed by atoms with van der Waals surface area (Å²) in [4.78, 5) is 52.7. The smallest absolute Gasteiger partial charge is 0.326 e. The van der Waals surface area contributed by atoms with Crippen LogP contribution in [0.25, 0.3) is 32.9 Å². The third-order valence-electron chi connectivity index (χ3n) is 8.32. The molecule has 14 nitrogen and oxygen atoms in total. The van der Waals surface area contributed by atoms with E-state index in [1.807, 2.05) is 61.6 Å². The van der Waals surface area contributed by atoms with Gasteiger partial charge < -0.3 is 44.0 Å². The van der Waals surface area contributed by atoms with Gasteiger partial charge >= 0.3 is 5.97 Å². The number of aryl methyl sites for hydroxylation is 1. The van der Waals surface area contributed by atoms with Crippen molar-refractivity contribution in [3.63, 3.8) is 0 Å². The number of fused-ring (bicyclic) bond motifs is 3. The summed E-state index contributed by atoms with van der Waals surface area (Å²) in [6, 6.07) is 18.1. The van der Waals surface area contributed by atoms with Crippen LogP contribution < -0.4 is 43.5 Å². The fourth-order valence-corrected chi connectivity index (χ4v) is 5.83. The maximum Gasteiger partial charge on any atom is 0.326 e. The van der Waals surface area contributed by atoms with E-state index < -0.39 is 17.9 Å². The zero-order chi connectivity index (χ0) is 36.2. The van der Waals surface area contributed by atoms with Crippen molar-refractivity contribution in [1.82, 2.24) is 16.0 Å². The SMILES string of the molecule is C[n+]1c(-c2cccc(C(=O)NCCCCCC(=O)NCCC(=O)NC(CCCN=C(N)N)C(=O)O)c2)c2cc(N)ccc2c2ccc(N)cc21. The molecule has 0 aliphatic rings. The normalized spacial score (nSPS) is 11.5. The van der Waals surface area contributed by atoms with Gasteiger partial charge in [-0.1, -0.05) is 18.6 Å². The van der Waals surface area contributed by atoms with Crippen LogP contribution in [0.5, 0.6) is 0 Å². The Balaban J connectivity index is 1.22. The van der Waals surface area contributed by atoms with Crippen LogP contribution in [0.15, 0.2) is 65.7 Å². The molecule has 1 unspecified atom stereocenters. The lowest BCUT2D eigenvalue weighted by Gasteiger charge is -2.14. The van der Waals surface area contributed by atoms with Gasteiger partial charge in [0.25, 0.3) is 5.91 Å². The van der Waals surface area contributed by atoms with E-state index in [2.05, 4.69) is 25.5 Å². The van der Waals surface area contributed by atoms with Crippen molar-refractivity contribution in [2.24, 2.45) is 23.5 Å². The van der Waals surface area contributed by atoms with E-state index in [-0.39, 0.29) is 50.1 Å². The monoisotopic (exact) mass is 684 g/mol. The van der Waals surface area contributed by atoms with Gasteiger partial charge in [0.2, 0.25) is 23.0 Å². The van der Waals surface area contributed by atoms with E-state index >= 15 is 0 Å². The van der Waals surface area contributed by atoms with Crippen LogP contribution in [0.2, 0.25) is 0 Å². The van der Waals surface area contributed by atoms with Crippen LogP contribution >= 0.6 is 0 Å². The number of guanidine groups is 1. The van der Waals surface area contributed by atoms with Crippen LogP contribution in [0.3, 0.4) is 0 Å². The van der Waals surface area contributed by atoms with Gasteiger partial charge in [-0.15, -0.1) is 0 Å². The number of aliphatic imine (C=N–C) groups is 1. The molecule has 14 heteroatoms. The van der Waals surface area contributed by atoms with Crippen LogP contribution in [0.1, 0.15) is 55.3 Å². The van der Waals surface area contributed by atoms with Crippen molar-refractivity contribution in [1.29, 1.82) is 0 Å². The quantitative estimate of drug-likeness (QED) is 0.0202. The van der Waals surface area contributed by atoms with E-state index in [1.54, 1.807) is 6.07 Å². The van der Waals surface area contributed by atoms with E-state index in [0.29, 0.717) is 42.7 Å². The summed E-state index contributed by atoms with van der Waals surface area (Å²) in [5, 5.41) is 20.5. The van der Waals surface area contributed by atoms with Crippen LogP contribution in [0, 0.1) is 0 Å². The number of hydrogen-bond acceptors (Lipinski definition) is 7. The number of pyridine rings is 1. The van der Waals surface area contributed by atoms with Gasteiger partial charge in [0.05, 0.1) is 10.8 Å². The number of anilines is 2. The molecule has 1 atom stereocenters. The highest BCUT2D eigenvalue weighted by molar-refractivity contribution is 6.10. The minimum absolute atomic E-state index is 0.0469. The second-order valence-electron chi connectivity index (χ2n) is 12.1. The lowest BCUT2D eigenvalue weighted by atomic mass is 9.97. The van der Waals surface area contributed by atoms with E-state index in [9.17, 15) is 24.3 Å². The molecular weight excluding hydrogens is 638 g/mol. The summed E-state index contributed by atoms with van der Waals surface area (Å²) in [6.45, 7) is 0.799. The van der Waals surface area contributed by atoms with Gasteiger partial charge in [-0.05, 0) is 68.1 Å². The Hall–Kier alpha value is -5.92. The summed E-state index contributed by atoms with van der Waals surface area (Å²) >= 11 is 0. The average Bonchev–Trinajstić information content (AvgIpc) is 3.07. The summed E-state index contributed by atoms with van der Waals surface area (Å²) in [6.07, 6.45) is 2.80. The maximum atomic E-state index is 13.1. The number of hydrogen-bond donors (Lipinski definition) is 8. The van der Waals surface area contributed by atoms with Crippen molar-refractivity contribution in [3.05, 3.63) is 66.2 Å². The Morgan fingerprint density at radius 1 is 0.800 bits per heavy atom. The molecule has 50 heavy (non-hydrogen) atoms. The van der Waals surface area contributed by atoms with Gasteiger partial charge in [0, 0.05) is 66.4 Å². The molecule has 0 fully saturated rings. The molecule has 264 valence electrons. The molecular formula is C36H46N9O5+. The first kappa shape index (κ1) is 36.9. The van der Waals surface area contributed by atoms with E-state index in [4.69, 9.17) is 22.9 Å². The first-order chi connectivity index (χ1) is 23.9. The first-order valence-corrected chi connectivity index (χ1v) is 16.6. The second kappa shape index (κ2) is 17.5. The number of amides is 3. The van der Waals surface area contributed by atoms with Crippen molar-refractivity contribution in [2.75, 3.05) is 31.1 Å². The molecule has 0 aliphatic carbocycles. The molecule has 0 saturated carbocycles. The Bertz CT molecular complexity index is 1910. The van der Waals surface area contributed by atoms with Crippen molar-refractivity contribution < 1.29 is 28.9 Å². The number of unbranched alkanes of at least 4 members (excludes halogenated alkanes) is 2. The number of aromatic nitrogens is 1. The van der Waals surface area contributed by atoms with Gasteiger partial charge in [0.1, 0.15) is 13.1 Å². The molecule has 1 heterocycles. The molecule has 0 radical (unpaired) electrons. The Labute approximate surface area is 290 Å². The molecule has 3 amide bonds. The molecule has 0 bridgehead atoms. The largest absolute Gasteiger partial charge is 0.480 e. The fourth-order valence-electron chi connectivity index (χ4n) is 5.83. The predicted molar refractivity (Wildman–Crippen MR) is 195 cm³/mol. The zero-order valence-corrected chi connectivity index (χ0v) is 28.2. The number of nitrogens with zero attached hydrogens (tertiary/aromatic N) is 2. The number of nitrogens with two attached hydrogens (primary N) is 4.